The van der Waals surface area contributed by atoms with E-state index in [1.54, 1.807) is 30.3 Å². The van der Waals surface area contributed by atoms with E-state index in [1.165, 1.54) is 6.08 Å². The number of anilines is 1. The van der Waals surface area contributed by atoms with E-state index in [9.17, 15) is 14.4 Å². The number of ether oxygens (including phenoxy) is 1. The molecule has 1 saturated carbocycles. The second-order valence-electron chi connectivity index (χ2n) is 7.35. The van der Waals surface area contributed by atoms with Gasteiger partial charge in [0.1, 0.15) is 0 Å². The van der Waals surface area contributed by atoms with Gasteiger partial charge in [0.05, 0.1) is 11.3 Å². The fourth-order valence-electron chi connectivity index (χ4n) is 3.43. The zero-order valence-corrected chi connectivity index (χ0v) is 17.0. The average Bonchev–Trinajstić information content (AvgIpc) is 3.25. The molecule has 0 bridgehead atoms. The van der Waals surface area contributed by atoms with Gasteiger partial charge in [-0.1, -0.05) is 49.2 Å². The number of amides is 2. The van der Waals surface area contributed by atoms with Gasteiger partial charge in [-0.25, -0.2) is 4.79 Å². The third kappa shape index (κ3) is 6.04. The molecular formula is C24H26N2O4. The maximum Gasteiger partial charge on any atom is 0.331 e. The highest BCUT2D eigenvalue weighted by Gasteiger charge is 2.20. The molecule has 0 aromatic heterocycles. The van der Waals surface area contributed by atoms with Gasteiger partial charge in [0.25, 0.3) is 11.8 Å². The smallest absolute Gasteiger partial charge is 0.331 e. The van der Waals surface area contributed by atoms with E-state index in [0.717, 1.165) is 36.8 Å². The number of hydrogen-bond acceptors (Lipinski definition) is 4. The molecule has 6 nitrogen and oxygen atoms in total. The summed E-state index contributed by atoms with van der Waals surface area (Å²) in [7, 11) is 0. The minimum absolute atomic E-state index is 0.183. The van der Waals surface area contributed by atoms with Crippen LogP contribution in [0.3, 0.4) is 0 Å². The predicted octanol–water partition coefficient (Wildman–Crippen LogP) is 3.86. The van der Waals surface area contributed by atoms with Gasteiger partial charge in [-0.05, 0) is 49.1 Å². The lowest BCUT2D eigenvalue weighted by atomic mass is 10.1. The van der Waals surface area contributed by atoms with Gasteiger partial charge in [-0.15, -0.1) is 0 Å². The Morgan fingerprint density at radius 2 is 1.73 bits per heavy atom. The Balaban J connectivity index is 1.53. The molecule has 1 fully saturated rings. The van der Waals surface area contributed by atoms with Crippen molar-refractivity contribution in [3.63, 3.8) is 0 Å². The molecule has 0 atom stereocenters. The highest BCUT2D eigenvalue weighted by atomic mass is 16.5. The van der Waals surface area contributed by atoms with Crippen LogP contribution in [-0.2, 0) is 14.3 Å². The number of aryl methyl sites for hydroxylation is 1. The van der Waals surface area contributed by atoms with Crippen molar-refractivity contribution in [2.24, 2.45) is 0 Å². The van der Waals surface area contributed by atoms with Crippen LogP contribution in [0.15, 0.2) is 54.6 Å². The normalized spacial score (nSPS) is 13.9. The van der Waals surface area contributed by atoms with E-state index in [1.807, 2.05) is 31.2 Å². The summed E-state index contributed by atoms with van der Waals surface area (Å²) in [6, 6.07) is 14.6. The van der Waals surface area contributed by atoms with Crippen molar-refractivity contribution in [2.45, 2.75) is 38.6 Å². The molecule has 2 N–H and O–H groups in total. The molecule has 1 aliphatic carbocycles. The van der Waals surface area contributed by atoms with Crippen molar-refractivity contribution in [2.75, 3.05) is 11.9 Å². The van der Waals surface area contributed by atoms with Gasteiger partial charge in [0, 0.05) is 12.1 Å². The Kier molecular flexibility index (Phi) is 7.38. The molecule has 156 valence electrons. The van der Waals surface area contributed by atoms with Crippen LogP contribution in [0.5, 0.6) is 0 Å². The first kappa shape index (κ1) is 21.3. The van der Waals surface area contributed by atoms with Crippen molar-refractivity contribution in [3.8, 4) is 0 Å². The Morgan fingerprint density at radius 3 is 2.50 bits per heavy atom. The van der Waals surface area contributed by atoms with Crippen LogP contribution in [0.4, 0.5) is 5.69 Å². The molecule has 0 heterocycles. The number of para-hydroxylation sites is 1. The lowest BCUT2D eigenvalue weighted by Crippen LogP contribution is -2.33. The third-order valence-electron chi connectivity index (χ3n) is 5.07. The largest absolute Gasteiger partial charge is 0.452 e. The first-order valence-electron chi connectivity index (χ1n) is 10.1. The predicted molar refractivity (Wildman–Crippen MR) is 116 cm³/mol. The van der Waals surface area contributed by atoms with Gasteiger partial charge >= 0.3 is 5.97 Å². The molecular weight excluding hydrogens is 380 g/mol. The highest BCUT2D eigenvalue weighted by Crippen LogP contribution is 2.20. The number of carbonyl (C=O) groups is 3. The zero-order valence-electron chi connectivity index (χ0n) is 17.0. The van der Waals surface area contributed by atoms with Crippen molar-refractivity contribution in [1.82, 2.24) is 5.32 Å². The molecule has 3 rings (SSSR count). The summed E-state index contributed by atoms with van der Waals surface area (Å²) < 4.78 is 5.01. The number of esters is 1. The molecule has 0 unspecified atom stereocenters. The monoisotopic (exact) mass is 406 g/mol. The molecule has 0 radical (unpaired) electrons. The molecule has 1 aliphatic rings. The van der Waals surface area contributed by atoms with Gasteiger partial charge in [0.15, 0.2) is 6.61 Å². The molecule has 2 amide bonds. The highest BCUT2D eigenvalue weighted by molar-refractivity contribution is 6.04. The van der Waals surface area contributed by atoms with Gasteiger partial charge in [-0.3, -0.25) is 9.59 Å². The second kappa shape index (κ2) is 10.4. The molecule has 0 aliphatic heterocycles. The third-order valence-corrected chi connectivity index (χ3v) is 5.07. The average molecular weight is 406 g/mol. The Labute approximate surface area is 176 Å². The van der Waals surface area contributed by atoms with Gasteiger partial charge in [-0.2, -0.15) is 0 Å². The van der Waals surface area contributed by atoms with Gasteiger partial charge in [0.2, 0.25) is 0 Å². The summed E-state index contributed by atoms with van der Waals surface area (Å²) in [4.78, 5) is 36.7. The number of benzene rings is 2. The van der Waals surface area contributed by atoms with Crippen molar-refractivity contribution in [3.05, 3.63) is 71.3 Å². The first-order valence-corrected chi connectivity index (χ1v) is 10.1. The molecule has 0 spiro atoms. The first-order chi connectivity index (χ1) is 14.5. The van der Waals surface area contributed by atoms with E-state index in [4.69, 9.17) is 4.74 Å². The minimum atomic E-state index is -0.610. The van der Waals surface area contributed by atoms with Crippen LogP contribution in [0.25, 0.3) is 6.08 Å². The number of hydrogen-bond donors (Lipinski definition) is 2. The fraction of sp³-hybridized carbons (Fsp3) is 0.292. The van der Waals surface area contributed by atoms with Crippen LogP contribution in [0, 0.1) is 6.92 Å². The van der Waals surface area contributed by atoms with E-state index in [-0.39, 0.29) is 11.9 Å². The lowest BCUT2D eigenvalue weighted by molar-refractivity contribution is -0.142. The maximum atomic E-state index is 12.6. The minimum Gasteiger partial charge on any atom is -0.452 e. The SMILES string of the molecule is Cc1ccccc1/C=C/C(=O)OCC(=O)Nc1ccccc1C(=O)NC1CCCC1. The van der Waals surface area contributed by atoms with Crippen molar-refractivity contribution >= 4 is 29.5 Å². The Morgan fingerprint density at radius 1 is 1.03 bits per heavy atom. The van der Waals surface area contributed by atoms with Crippen LogP contribution in [0.1, 0.15) is 47.2 Å². The quantitative estimate of drug-likeness (QED) is 0.540. The summed E-state index contributed by atoms with van der Waals surface area (Å²) in [5.41, 5.74) is 2.72. The number of carbonyl (C=O) groups excluding carboxylic acids is 3. The van der Waals surface area contributed by atoms with Crippen molar-refractivity contribution in [1.29, 1.82) is 0 Å². The molecule has 2 aromatic rings. The summed E-state index contributed by atoms with van der Waals surface area (Å²) >= 11 is 0. The standard InChI is InChI=1S/C24H26N2O4/c1-17-8-2-3-9-18(17)14-15-23(28)30-16-22(27)26-21-13-7-6-12-20(21)24(29)25-19-10-4-5-11-19/h2-3,6-9,12-15,19H,4-5,10-11,16H2,1H3,(H,25,29)(H,26,27)/b15-14+. The molecule has 6 heteroatoms. The fourth-order valence-corrected chi connectivity index (χ4v) is 3.43. The topological polar surface area (TPSA) is 84.5 Å². The van der Waals surface area contributed by atoms with E-state index in [2.05, 4.69) is 10.6 Å². The van der Waals surface area contributed by atoms with Crippen LogP contribution >= 0.6 is 0 Å². The number of nitrogens with one attached hydrogen (secondary N) is 2. The van der Waals surface area contributed by atoms with Gasteiger partial charge < -0.3 is 15.4 Å². The van der Waals surface area contributed by atoms with E-state index >= 15 is 0 Å². The zero-order chi connectivity index (χ0) is 21.3. The molecule has 30 heavy (non-hydrogen) atoms. The molecule has 0 saturated heterocycles. The second-order valence-corrected chi connectivity index (χ2v) is 7.35. The molecule has 2 aromatic carbocycles. The summed E-state index contributed by atoms with van der Waals surface area (Å²) in [6.07, 6.45) is 7.13. The lowest BCUT2D eigenvalue weighted by Gasteiger charge is -2.15. The summed E-state index contributed by atoms with van der Waals surface area (Å²) in [5.74, 6) is -1.33. The Hall–Kier alpha value is -3.41. The van der Waals surface area contributed by atoms with E-state index in [0.29, 0.717) is 11.3 Å². The Bertz CT molecular complexity index is 946. The van der Waals surface area contributed by atoms with Crippen LogP contribution in [-0.4, -0.2) is 30.4 Å². The van der Waals surface area contributed by atoms with Crippen LogP contribution < -0.4 is 10.6 Å². The van der Waals surface area contributed by atoms with E-state index < -0.39 is 18.5 Å². The maximum absolute atomic E-state index is 12.6. The number of rotatable bonds is 7. The summed E-state index contributed by atoms with van der Waals surface area (Å²) in [5, 5.41) is 5.66. The van der Waals surface area contributed by atoms with Crippen molar-refractivity contribution < 1.29 is 19.1 Å². The summed E-state index contributed by atoms with van der Waals surface area (Å²) in [6.45, 7) is 1.51. The van der Waals surface area contributed by atoms with Crippen LogP contribution in [0.2, 0.25) is 0 Å².